The lowest BCUT2D eigenvalue weighted by Gasteiger charge is -2.31. The molecule has 1 unspecified atom stereocenters. The van der Waals surface area contributed by atoms with Gasteiger partial charge in [-0.3, -0.25) is 0 Å². The lowest BCUT2D eigenvalue weighted by molar-refractivity contribution is 0.421. The molecule has 1 aliphatic carbocycles. The molecule has 0 radical (unpaired) electrons. The van der Waals surface area contributed by atoms with Crippen molar-refractivity contribution in [2.24, 2.45) is 5.73 Å². The van der Waals surface area contributed by atoms with Gasteiger partial charge in [0.05, 0.1) is 0 Å². The Bertz CT molecular complexity index is 621. The number of rotatable bonds is 3. The Morgan fingerprint density at radius 1 is 1.19 bits per heavy atom. The molecule has 1 atom stereocenters. The van der Waals surface area contributed by atoms with E-state index in [9.17, 15) is 0 Å². The highest BCUT2D eigenvalue weighted by atomic mass is 16.5. The predicted octanol–water partition coefficient (Wildman–Crippen LogP) is 1.33. The monoisotopic (exact) mass is 286 g/mol. The molecule has 1 aliphatic heterocycles. The molecular formula is C14H18N6O. The molecule has 4 rings (SSSR count). The summed E-state index contributed by atoms with van der Waals surface area (Å²) >= 11 is 0. The number of hydrogen-bond acceptors (Lipinski definition) is 7. The van der Waals surface area contributed by atoms with Gasteiger partial charge in [-0.15, -0.1) is 10.2 Å². The van der Waals surface area contributed by atoms with Gasteiger partial charge in [0.1, 0.15) is 0 Å². The normalized spacial score (nSPS) is 22.5. The van der Waals surface area contributed by atoms with E-state index in [2.05, 4.69) is 25.2 Å². The van der Waals surface area contributed by atoms with Gasteiger partial charge in [0, 0.05) is 25.0 Å². The topological polar surface area (TPSA) is 94.0 Å². The lowest BCUT2D eigenvalue weighted by atomic mass is 10.1. The number of nitrogens with zero attached hydrogens (tertiary/aromatic N) is 5. The minimum Gasteiger partial charge on any atom is -0.354 e. The Morgan fingerprint density at radius 2 is 2.10 bits per heavy atom. The lowest BCUT2D eigenvalue weighted by Crippen LogP contribution is -2.43. The van der Waals surface area contributed by atoms with E-state index < -0.39 is 0 Å². The highest BCUT2D eigenvalue weighted by Crippen LogP contribution is 2.38. The molecule has 0 bridgehead atoms. The summed E-state index contributed by atoms with van der Waals surface area (Å²) in [7, 11) is 0. The molecule has 3 heterocycles. The van der Waals surface area contributed by atoms with Crippen molar-refractivity contribution in [2.75, 3.05) is 18.0 Å². The molecule has 7 nitrogen and oxygen atoms in total. The van der Waals surface area contributed by atoms with Gasteiger partial charge in [-0.2, -0.15) is 4.98 Å². The molecule has 1 saturated heterocycles. The van der Waals surface area contributed by atoms with Gasteiger partial charge in [-0.05, 0) is 37.8 Å². The quantitative estimate of drug-likeness (QED) is 0.909. The van der Waals surface area contributed by atoms with E-state index in [1.165, 1.54) is 0 Å². The predicted molar refractivity (Wildman–Crippen MR) is 76.7 cm³/mol. The third kappa shape index (κ3) is 2.61. The number of hydrogen-bond donors (Lipinski definition) is 1. The molecule has 110 valence electrons. The fourth-order valence-electron chi connectivity index (χ4n) is 2.67. The van der Waals surface area contributed by atoms with Gasteiger partial charge in [-0.25, -0.2) is 0 Å². The molecule has 2 N–H and O–H groups in total. The molecule has 1 saturated carbocycles. The number of nitrogens with two attached hydrogens (primary N) is 1. The van der Waals surface area contributed by atoms with Gasteiger partial charge < -0.3 is 15.2 Å². The maximum Gasteiger partial charge on any atom is 0.278 e. The maximum absolute atomic E-state index is 6.00. The Balaban J connectivity index is 1.52. The molecule has 2 fully saturated rings. The van der Waals surface area contributed by atoms with Gasteiger partial charge in [0.2, 0.25) is 0 Å². The first-order chi connectivity index (χ1) is 10.3. The average molecular weight is 286 g/mol. The van der Waals surface area contributed by atoms with Crippen LogP contribution in [0.5, 0.6) is 0 Å². The third-order valence-electron chi connectivity index (χ3n) is 4.04. The fourth-order valence-corrected chi connectivity index (χ4v) is 2.67. The first-order valence-corrected chi connectivity index (χ1v) is 7.48. The van der Waals surface area contributed by atoms with Crippen molar-refractivity contribution >= 4 is 5.82 Å². The van der Waals surface area contributed by atoms with E-state index in [0.29, 0.717) is 17.5 Å². The average Bonchev–Trinajstić information content (AvgIpc) is 3.25. The van der Waals surface area contributed by atoms with E-state index >= 15 is 0 Å². The van der Waals surface area contributed by atoms with Crippen LogP contribution in [-0.2, 0) is 0 Å². The molecule has 2 aliphatic rings. The zero-order valence-corrected chi connectivity index (χ0v) is 11.8. The van der Waals surface area contributed by atoms with Gasteiger partial charge >= 0.3 is 0 Å². The zero-order valence-electron chi connectivity index (χ0n) is 11.8. The summed E-state index contributed by atoms with van der Waals surface area (Å²) in [6.45, 7) is 1.81. The summed E-state index contributed by atoms with van der Waals surface area (Å²) in [4.78, 5) is 6.56. The van der Waals surface area contributed by atoms with Crippen LogP contribution in [0.25, 0.3) is 11.6 Å². The van der Waals surface area contributed by atoms with Crippen molar-refractivity contribution in [1.29, 1.82) is 0 Å². The smallest absolute Gasteiger partial charge is 0.278 e. The summed E-state index contributed by atoms with van der Waals surface area (Å²) < 4.78 is 5.26. The van der Waals surface area contributed by atoms with Crippen molar-refractivity contribution in [2.45, 2.75) is 37.6 Å². The largest absolute Gasteiger partial charge is 0.354 e. The molecule has 0 amide bonds. The van der Waals surface area contributed by atoms with Gasteiger partial charge in [0.25, 0.3) is 5.89 Å². The molecule has 7 heteroatoms. The summed E-state index contributed by atoms with van der Waals surface area (Å²) in [6.07, 6.45) is 4.48. The molecule has 0 aromatic carbocycles. The highest BCUT2D eigenvalue weighted by Gasteiger charge is 2.29. The van der Waals surface area contributed by atoms with Crippen molar-refractivity contribution in [3.63, 3.8) is 0 Å². The molecule has 2 aromatic heterocycles. The van der Waals surface area contributed by atoms with Crippen molar-refractivity contribution in [3.8, 4) is 11.6 Å². The Hall–Kier alpha value is -2.02. The second-order valence-electron chi connectivity index (χ2n) is 5.86. The van der Waals surface area contributed by atoms with E-state index in [-0.39, 0.29) is 6.04 Å². The minimum absolute atomic E-state index is 0.220. The number of anilines is 1. The molecule has 2 aromatic rings. The second kappa shape index (κ2) is 5.07. The maximum atomic E-state index is 6.00. The van der Waals surface area contributed by atoms with Crippen LogP contribution in [-0.4, -0.2) is 39.5 Å². The van der Waals surface area contributed by atoms with Crippen LogP contribution in [0.4, 0.5) is 5.82 Å². The SMILES string of the molecule is NC1CCCN(c2ccc(-c3nc(C4CC4)no3)nn2)C1. The van der Waals surface area contributed by atoms with E-state index in [1.54, 1.807) is 0 Å². The summed E-state index contributed by atoms with van der Waals surface area (Å²) in [5.41, 5.74) is 6.62. The standard InChI is InChI=1S/C14H18N6O/c15-10-2-1-7-20(8-10)12-6-5-11(17-18-12)14-16-13(19-21-14)9-3-4-9/h5-6,9-10H,1-4,7-8,15H2. The highest BCUT2D eigenvalue weighted by molar-refractivity contribution is 5.49. The number of piperidine rings is 1. The first-order valence-electron chi connectivity index (χ1n) is 7.48. The van der Waals surface area contributed by atoms with Crippen molar-refractivity contribution in [1.82, 2.24) is 20.3 Å². The van der Waals surface area contributed by atoms with Crippen LogP contribution in [0, 0.1) is 0 Å². The van der Waals surface area contributed by atoms with Crippen molar-refractivity contribution < 1.29 is 4.52 Å². The van der Waals surface area contributed by atoms with Gasteiger partial charge in [0.15, 0.2) is 17.3 Å². The van der Waals surface area contributed by atoms with E-state index in [0.717, 1.165) is 50.4 Å². The minimum atomic E-state index is 0.220. The zero-order chi connectivity index (χ0) is 14.2. The second-order valence-corrected chi connectivity index (χ2v) is 5.86. The van der Waals surface area contributed by atoms with Crippen molar-refractivity contribution in [3.05, 3.63) is 18.0 Å². The molecule has 0 spiro atoms. The Labute approximate surface area is 122 Å². The summed E-state index contributed by atoms with van der Waals surface area (Å²) in [6, 6.07) is 4.05. The molecular weight excluding hydrogens is 268 g/mol. The Morgan fingerprint density at radius 3 is 2.81 bits per heavy atom. The number of aromatic nitrogens is 4. The van der Waals surface area contributed by atoms with Crippen LogP contribution in [0.2, 0.25) is 0 Å². The van der Waals surface area contributed by atoms with E-state index in [1.807, 2.05) is 12.1 Å². The fraction of sp³-hybridized carbons (Fsp3) is 0.571. The summed E-state index contributed by atoms with van der Waals surface area (Å²) in [5, 5.41) is 12.5. The van der Waals surface area contributed by atoms with Gasteiger partial charge in [-0.1, -0.05) is 5.16 Å². The molecule has 21 heavy (non-hydrogen) atoms. The Kier molecular flexibility index (Phi) is 3.07. The van der Waals surface area contributed by atoms with Crippen LogP contribution >= 0.6 is 0 Å². The summed E-state index contributed by atoms with van der Waals surface area (Å²) in [5.74, 6) is 2.57. The first kappa shape index (κ1) is 12.7. The van der Waals surface area contributed by atoms with Crippen LogP contribution < -0.4 is 10.6 Å². The van der Waals surface area contributed by atoms with Crippen LogP contribution in [0.15, 0.2) is 16.7 Å². The van der Waals surface area contributed by atoms with Crippen LogP contribution in [0.3, 0.4) is 0 Å². The van der Waals surface area contributed by atoms with Crippen LogP contribution in [0.1, 0.15) is 37.4 Å². The third-order valence-corrected chi connectivity index (χ3v) is 4.04. The van der Waals surface area contributed by atoms with E-state index in [4.69, 9.17) is 10.3 Å².